The quantitative estimate of drug-likeness (QED) is 0.341. The second kappa shape index (κ2) is 7.66. The Hall–Kier alpha value is -2.44. The first kappa shape index (κ1) is 17.9. The molecule has 0 bridgehead atoms. The number of aryl methyl sites for hydroxylation is 1. The molecule has 2 aromatic heterocycles. The second-order valence-corrected chi connectivity index (χ2v) is 8.09. The van der Waals surface area contributed by atoms with Crippen molar-refractivity contribution in [2.24, 2.45) is 0 Å². The molecule has 0 amide bonds. The van der Waals surface area contributed by atoms with Crippen LogP contribution in [0.1, 0.15) is 16.7 Å². The molecular weight excluding hydrogens is 379 g/mol. The van der Waals surface area contributed by atoms with Gasteiger partial charge in [-0.05, 0) is 35.6 Å². The van der Waals surface area contributed by atoms with Crippen LogP contribution in [0.5, 0.6) is 0 Å². The predicted molar refractivity (Wildman–Crippen MR) is 110 cm³/mol. The Morgan fingerprint density at radius 3 is 2.59 bits per heavy atom. The number of fused-ring (bicyclic) bond motifs is 1. The lowest BCUT2D eigenvalue weighted by Gasteiger charge is -2.13. The summed E-state index contributed by atoms with van der Waals surface area (Å²) in [6.45, 7) is 2.24. The summed E-state index contributed by atoms with van der Waals surface area (Å²) in [5, 5.41) is 2.47. The van der Waals surface area contributed by atoms with Gasteiger partial charge in [-0.15, -0.1) is 11.3 Å². The normalized spacial score (nSPS) is 11.2. The van der Waals surface area contributed by atoms with Crippen molar-refractivity contribution in [2.75, 3.05) is 0 Å². The van der Waals surface area contributed by atoms with Gasteiger partial charge in [-0.1, -0.05) is 54.2 Å². The van der Waals surface area contributed by atoms with Gasteiger partial charge in [0.15, 0.2) is 5.16 Å². The van der Waals surface area contributed by atoms with E-state index in [-0.39, 0.29) is 17.9 Å². The minimum atomic E-state index is -0.314. The number of hydrogen-bond acceptors (Lipinski definition) is 4. The van der Waals surface area contributed by atoms with Crippen LogP contribution in [0.4, 0.5) is 4.39 Å². The lowest BCUT2D eigenvalue weighted by atomic mass is 10.1. The highest BCUT2D eigenvalue weighted by Gasteiger charge is 2.15. The van der Waals surface area contributed by atoms with Gasteiger partial charge in [-0.3, -0.25) is 9.36 Å². The zero-order valence-corrected chi connectivity index (χ0v) is 16.3. The van der Waals surface area contributed by atoms with Gasteiger partial charge in [-0.2, -0.15) is 0 Å². The second-order valence-electron chi connectivity index (χ2n) is 6.23. The Bertz CT molecular complexity index is 1170. The van der Waals surface area contributed by atoms with Crippen LogP contribution in [0, 0.1) is 12.7 Å². The average Bonchev–Trinajstić information content (AvgIpc) is 3.14. The van der Waals surface area contributed by atoms with Crippen molar-refractivity contribution in [1.29, 1.82) is 0 Å². The fraction of sp³-hybridized carbons (Fsp3) is 0.143. The molecule has 2 aromatic carbocycles. The van der Waals surface area contributed by atoms with E-state index in [1.54, 1.807) is 22.8 Å². The lowest BCUT2D eigenvalue weighted by molar-refractivity contribution is 0.580. The van der Waals surface area contributed by atoms with Crippen molar-refractivity contribution >= 4 is 33.3 Å². The van der Waals surface area contributed by atoms with E-state index in [9.17, 15) is 9.18 Å². The van der Waals surface area contributed by atoms with E-state index in [1.807, 2.05) is 23.6 Å². The summed E-state index contributed by atoms with van der Waals surface area (Å²) in [6.07, 6.45) is 0. The van der Waals surface area contributed by atoms with Gasteiger partial charge in [0.1, 0.15) is 10.5 Å². The molecule has 0 saturated carbocycles. The Morgan fingerprint density at radius 2 is 1.81 bits per heavy atom. The van der Waals surface area contributed by atoms with Gasteiger partial charge < -0.3 is 0 Å². The number of thiophene rings is 1. The number of halogens is 1. The van der Waals surface area contributed by atoms with E-state index in [0.717, 1.165) is 0 Å². The monoisotopic (exact) mass is 396 g/mol. The number of aromatic nitrogens is 2. The molecule has 4 rings (SSSR count). The molecule has 0 aliphatic carbocycles. The average molecular weight is 397 g/mol. The van der Waals surface area contributed by atoms with Crippen LogP contribution in [0.3, 0.4) is 0 Å². The zero-order valence-electron chi connectivity index (χ0n) is 14.7. The number of hydrogen-bond donors (Lipinski definition) is 0. The highest BCUT2D eigenvalue weighted by Crippen LogP contribution is 2.26. The van der Waals surface area contributed by atoms with E-state index in [0.29, 0.717) is 26.7 Å². The van der Waals surface area contributed by atoms with Crippen LogP contribution in [0.2, 0.25) is 0 Å². The molecule has 3 nitrogen and oxygen atoms in total. The molecule has 0 aliphatic rings. The number of rotatable bonds is 5. The summed E-state index contributed by atoms with van der Waals surface area (Å²) in [4.78, 5) is 17.7. The van der Waals surface area contributed by atoms with E-state index in [2.05, 4.69) is 24.0 Å². The van der Waals surface area contributed by atoms with E-state index in [1.165, 1.54) is 40.3 Å². The third-order valence-corrected chi connectivity index (χ3v) is 6.35. The van der Waals surface area contributed by atoms with Gasteiger partial charge in [-0.25, -0.2) is 9.37 Å². The van der Waals surface area contributed by atoms with Gasteiger partial charge in [0, 0.05) is 11.3 Å². The Kier molecular flexibility index (Phi) is 5.09. The minimum absolute atomic E-state index is 0.120. The van der Waals surface area contributed by atoms with E-state index in [4.69, 9.17) is 0 Å². The highest BCUT2D eigenvalue weighted by molar-refractivity contribution is 7.98. The molecule has 27 heavy (non-hydrogen) atoms. The third-order valence-electron chi connectivity index (χ3n) is 4.44. The molecule has 0 unspecified atom stereocenters. The molecule has 6 heteroatoms. The maximum atomic E-state index is 14.2. The SMILES string of the molecule is Cc1ccccc1CSc1nc2ccsc2c(=O)n1Cc1ccccc1F. The van der Waals surface area contributed by atoms with Crippen molar-refractivity contribution in [3.05, 3.63) is 92.8 Å². The van der Waals surface area contributed by atoms with Gasteiger partial charge in [0.2, 0.25) is 0 Å². The Balaban J connectivity index is 1.75. The van der Waals surface area contributed by atoms with Gasteiger partial charge >= 0.3 is 0 Å². The molecule has 0 N–H and O–H groups in total. The molecule has 0 spiro atoms. The first-order valence-electron chi connectivity index (χ1n) is 8.52. The van der Waals surface area contributed by atoms with Crippen LogP contribution in [-0.4, -0.2) is 9.55 Å². The molecule has 0 saturated heterocycles. The highest BCUT2D eigenvalue weighted by atomic mass is 32.2. The molecular formula is C21H17FN2OS2. The van der Waals surface area contributed by atoms with Gasteiger partial charge in [0.05, 0.1) is 12.1 Å². The molecule has 0 radical (unpaired) electrons. The maximum Gasteiger partial charge on any atom is 0.272 e. The summed E-state index contributed by atoms with van der Waals surface area (Å²) in [5.41, 5.74) is 3.45. The van der Waals surface area contributed by atoms with Crippen LogP contribution in [0.15, 0.2) is 69.9 Å². The fourth-order valence-corrected chi connectivity index (χ4v) is 4.74. The number of thioether (sulfide) groups is 1. The topological polar surface area (TPSA) is 34.9 Å². The smallest absolute Gasteiger partial charge is 0.272 e. The minimum Gasteiger partial charge on any atom is -0.282 e. The summed E-state index contributed by atoms with van der Waals surface area (Å²) < 4.78 is 16.3. The van der Waals surface area contributed by atoms with Crippen molar-refractivity contribution in [3.63, 3.8) is 0 Å². The molecule has 4 aromatic rings. The molecule has 2 heterocycles. The van der Waals surface area contributed by atoms with Crippen LogP contribution >= 0.6 is 23.1 Å². The van der Waals surface area contributed by atoms with Crippen LogP contribution < -0.4 is 5.56 Å². The van der Waals surface area contributed by atoms with Crippen LogP contribution in [0.25, 0.3) is 10.2 Å². The summed E-state index contributed by atoms with van der Waals surface area (Å²) in [6, 6.07) is 16.6. The first-order valence-corrected chi connectivity index (χ1v) is 10.4. The zero-order chi connectivity index (χ0) is 18.8. The molecule has 0 fully saturated rings. The lowest BCUT2D eigenvalue weighted by Crippen LogP contribution is -2.23. The summed E-state index contributed by atoms with van der Waals surface area (Å²) in [7, 11) is 0. The maximum absolute atomic E-state index is 14.2. The Morgan fingerprint density at radius 1 is 1.07 bits per heavy atom. The van der Waals surface area contributed by atoms with Crippen molar-refractivity contribution < 1.29 is 4.39 Å². The fourth-order valence-electron chi connectivity index (χ4n) is 2.88. The van der Waals surface area contributed by atoms with Crippen LogP contribution in [-0.2, 0) is 12.3 Å². The van der Waals surface area contributed by atoms with Gasteiger partial charge in [0.25, 0.3) is 5.56 Å². The summed E-state index contributed by atoms with van der Waals surface area (Å²) >= 11 is 2.88. The first-order chi connectivity index (χ1) is 13.1. The Labute approximate surface area is 164 Å². The number of nitrogens with zero attached hydrogens (tertiary/aromatic N) is 2. The third kappa shape index (κ3) is 3.68. The largest absolute Gasteiger partial charge is 0.282 e. The van der Waals surface area contributed by atoms with E-state index >= 15 is 0 Å². The molecule has 0 aliphatic heterocycles. The molecule has 136 valence electrons. The predicted octanol–water partition coefficient (Wildman–Crippen LogP) is 5.25. The number of benzene rings is 2. The van der Waals surface area contributed by atoms with Crippen molar-refractivity contribution in [1.82, 2.24) is 9.55 Å². The molecule has 0 atom stereocenters. The summed E-state index contributed by atoms with van der Waals surface area (Å²) in [5.74, 6) is 0.386. The van der Waals surface area contributed by atoms with E-state index < -0.39 is 0 Å². The van der Waals surface area contributed by atoms with Crippen molar-refractivity contribution in [3.8, 4) is 0 Å². The van der Waals surface area contributed by atoms with Crippen molar-refractivity contribution in [2.45, 2.75) is 24.4 Å². The standard InChI is InChI=1S/C21H17FN2OS2/c1-14-6-2-3-8-16(14)13-27-21-23-18-10-11-26-19(18)20(25)24(21)12-15-7-4-5-9-17(15)22/h2-11H,12-13H2,1H3.